The Morgan fingerprint density at radius 2 is 2.04 bits per heavy atom. The molecule has 4 nitrogen and oxygen atoms in total. The van der Waals surface area contributed by atoms with Crippen LogP contribution in [0.4, 0.5) is 0 Å². The summed E-state index contributed by atoms with van der Waals surface area (Å²) in [6.45, 7) is 1.99. The van der Waals surface area contributed by atoms with Crippen molar-refractivity contribution in [1.29, 1.82) is 0 Å². The predicted molar refractivity (Wildman–Crippen MR) is 109 cm³/mol. The predicted octanol–water partition coefficient (Wildman–Crippen LogP) is 4.52. The first kappa shape index (κ1) is 19.0. The summed E-state index contributed by atoms with van der Waals surface area (Å²) in [5.74, 6) is -0.359. The molecule has 1 N–H and O–H groups in total. The number of carbonyl (C=O) groups is 1. The second-order valence-corrected chi connectivity index (χ2v) is 7.15. The minimum Gasteiger partial charge on any atom is -0.465 e. The van der Waals surface area contributed by atoms with Gasteiger partial charge < -0.3 is 9.84 Å². The molecule has 0 radical (unpaired) electrons. The van der Waals surface area contributed by atoms with Crippen LogP contribution in [0.25, 0.3) is 17.2 Å². The Morgan fingerprint density at radius 3 is 2.70 bits per heavy atom. The van der Waals surface area contributed by atoms with E-state index in [0.717, 1.165) is 32.7 Å². The topological polar surface area (TPSA) is 59.4 Å². The molecule has 3 aromatic rings. The first-order valence-electron chi connectivity index (χ1n) is 8.58. The molecule has 2 aromatic carbocycles. The highest BCUT2D eigenvalue weighted by molar-refractivity contribution is 7.10. The molecule has 27 heavy (non-hydrogen) atoms. The number of hydrogen-bond acceptors (Lipinski definition) is 5. The van der Waals surface area contributed by atoms with E-state index in [1.165, 1.54) is 18.4 Å². The summed E-state index contributed by atoms with van der Waals surface area (Å²) >= 11 is 1.53. The molecule has 138 valence electrons. The number of rotatable bonds is 6. The number of nitrogens with zero attached hydrogens (tertiary/aromatic N) is 1. The molecule has 0 atom stereocenters. The smallest absolute Gasteiger partial charge is 0.338 e. The number of esters is 1. The first-order valence-corrected chi connectivity index (χ1v) is 9.46. The lowest BCUT2D eigenvalue weighted by Crippen LogP contribution is -2.05. The highest BCUT2D eigenvalue weighted by atomic mass is 32.1. The Bertz CT molecular complexity index is 961. The van der Waals surface area contributed by atoms with Crippen LogP contribution in [0.3, 0.4) is 0 Å². The standard InChI is InChI=1S/C22H21NO3S/c1-15-5-3-4-6-19(15)21-11-16(7-8-20(21)22(25)26-2)9-17(13-24)10-18-12-23-14-27-18/h3-8,10-12,14,24H,9,13H2,1-2H3. The largest absolute Gasteiger partial charge is 0.465 e. The van der Waals surface area contributed by atoms with E-state index in [0.29, 0.717) is 12.0 Å². The van der Waals surface area contributed by atoms with Gasteiger partial charge in [0.15, 0.2) is 0 Å². The fourth-order valence-corrected chi connectivity index (χ4v) is 3.60. The van der Waals surface area contributed by atoms with Crippen molar-refractivity contribution in [2.24, 2.45) is 0 Å². The molecule has 1 heterocycles. The van der Waals surface area contributed by atoms with E-state index in [1.54, 1.807) is 17.8 Å². The summed E-state index contributed by atoms with van der Waals surface area (Å²) in [6, 6.07) is 13.7. The van der Waals surface area contributed by atoms with E-state index >= 15 is 0 Å². The van der Waals surface area contributed by atoms with Gasteiger partial charge in [-0.25, -0.2) is 4.79 Å². The van der Waals surface area contributed by atoms with Crippen molar-refractivity contribution in [1.82, 2.24) is 4.98 Å². The third-order valence-electron chi connectivity index (χ3n) is 4.36. The van der Waals surface area contributed by atoms with E-state index in [2.05, 4.69) is 4.98 Å². The lowest BCUT2D eigenvalue weighted by Gasteiger charge is -2.13. The first-order chi connectivity index (χ1) is 13.1. The Kier molecular flexibility index (Phi) is 6.16. The average molecular weight is 379 g/mol. The van der Waals surface area contributed by atoms with Crippen molar-refractivity contribution in [2.45, 2.75) is 13.3 Å². The Labute approximate surface area is 162 Å². The highest BCUT2D eigenvalue weighted by Gasteiger charge is 2.15. The average Bonchev–Trinajstić information content (AvgIpc) is 3.20. The van der Waals surface area contributed by atoms with Crippen molar-refractivity contribution < 1.29 is 14.6 Å². The lowest BCUT2D eigenvalue weighted by atomic mass is 9.92. The molecule has 0 amide bonds. The molecule has 0 bridgehead atoms. The quantitative estimate of drug-likeness (QED) is 0.640. The van der Waals surface area contributed by atoms with Crippen LogP contribution in [-0.2, 0) is 11.2 Å². The number of aromatic nitrogens is 1. The van der Waals surface area contributed by atoms with Crippen molar-refractivity contribution in [3.63, 3.8) is 0 Å². The number of aliphatic hydroxyl groups is 1. The van der Waals surface area contributed by atoms with Crippen molar-refractivity contribution in [3.05, 3.63) is 81.3 Å². The number of methoxy groups -OCH3 is 1. The van der Waals surface area contributed by atoms with Crippen LogP contribution in [0.2, 0.25) is 0 Å². The zero-order valence-corrected chi connectivity index (χ0v) is 16.1. The number of aryl methyl sites for hydroxylation is 1. The Hall–Kier alpha value is -2.76. The summed E-state index contributed by atoms with van der Waals surface area (Å²) in [4.78, 5) is 17.3. The van der Waals surface area contributed by atoms with Gasteiger partial charge in [0.05, 0.1) is 24.8 Å². The number of thiazole rings is 1. The van der Waals surface area contributed by atoms with E-state index in [-0.39, 0.29) is 12.6 Å². The second kappa shape index (κ2) is 8.75. The SMILES string of the molecule is COC(=O)c1ccc(CC(=Cc2cncs2)CO)cc1-c1ccccc1C. The summed E-state index contributed by atoms with van der Waals surface area (Å²) < 4.78 is 4.95. The molecule has 0 aliphatic heterocycles. The van der Waals surface area contributed by atoms with Crippen molar-refractivity contribution in [3.8, 4) is 11.1 Å². The van der Waals surface area contributed by atoms with E-state index in [9.17, 15) is 9.90 Å². The van der Waals surface area contributed by atoms with Gasteiger partial charge in [0, 0.05) is 11.1 Å². The van der Waals surface area contributed by atoms with E-state index in [1.807, 2.05) is 49.4 Å². The number of aliphatic hydroxyl groups excluding tert-OH is 1. The molecule has 1 aromatic heterocycles. The molecule has 0 unspecified atom stereocenters. The number of hydrogen-bond donors (Lipinski definition) is 1. The fraction of sp³-hybridized carbons (Fsp3) is 0.182. The van der Waals surface area contributed by atoms with Gasteiger partial charge in [-0.3, -0.25) is 4.98 Å². The number of benzene rings is 2. The maximum atomic E-state index is 12.2. The van der Waals surface area contributed by atoms with Gasteiger partial charge >= 0.3 is 5.97 Å². The Balaban J connectivity index is 2.02. The molecule has 0 aliphatic carbocycles. The van der Waals surface area contributed by atoms with Crippen LogP contribution in [0, 0.1) is 6.92 Å². The third-order valence-corrected chi connectivity index (χ3v) is 5.08. The molecule has 3 rings (SSSR count). The maximum Gasteiger partial charge on any atom is 0.338 e. The van der Waals surface area contributed by atoms with Crippen LogP contribution in [0.5, 0.6) is 0 Å². The van der Waals surface area contributed by atoms with Gasteiger partial charge in [-0.1, -0.05) is 30.3 Å². The lowest BCUT2D eigenvalue weighted by molar-refractivity contribution is 0.0601. The molecule has 0 saturated heterocycles. The van der Waals surface area contributed by atoms with Gasteiger partial charge in [-0.15, -0.1) is 11.3 Å². The highest BCUT2D eigenvalue weighted by Crippen LogP contribution is 2.29. The van der Waals surface area contributed by atoms with Gasteiger partial charge in [0.1, 0.15) is 0 Å². The van der Waals surface area contributed by atoms with Gasteiger partial charge in [-0.2, -0.15) is 0 Å². The summed E-state index contributed by atoms with van der Waals surface area (Å²) in [7, 11) is 1.39. The molecular weight excluding hydrogens is 358 g/mol. The van der Waals surface area contributed by atoms with E-state index < -0.39 is 0 Å². The molecule has 0 aliphatic rings. The van der Waals surface area contributed by atoms with Crippen molar-refractivity contribution in [2.75, 3.05) is 13.7 Å². The zero-order valence-electron chi connectivity index (χ0n) is 15.3. The molecule has 0 spiro atoms. The third kappa shape index (κ3) is 4.51. The minimum absolute atomic E-state index is 0.0314. The summed E-state index contributed by atoms with van der Waals surface area (Å²) in [5, 5.41) is 9.74. The van der Waals surface area contributed by atoms with Crippen LogP contribution < -0.4 is 0 Å². The molecular formula is C22H21NO3S. The molecule has 0 saturated carbocycles. The van der Waals surface area contributed by atoms with Gasteiger partial charge in [0.2, 0.25) is 0 Å². The van der Waals surface area contributed by atoms with Crippen LogP contribution in [-0.4, -0.2) is 29.8 Å². The minimum atomic E-state index is -0.359. The Morgan fingerprint density at radius 1 is 1.22 bits per heavy atom. The van der Waals surface area contributed by atoms with Gasteiger partial charge in [-0.05, 0) is 59.4 Å². The van der Waals surface area contributed by atoms with Crippen molar-refractivity contribution >= 4 is 23.4 Å². The summed E-state index contributed by atoms with van der Waals surface area (Å²) in [5.41, 5.74) is 7.13. The number of carbonyl (C=O) groups excluding carboxylic acids is 1. The maximum absolute atomic E-state index is 12.2. The second-order valence-electron chi connectivity index (χ2n) is 6.23. The van der Waals surface area contributed by atoms with Gasteiger partial charge in [0.25, 0.3) is 0 Å². The molecule has 5 heteroatoms. The summed E-state index contributed by atoms with van der Waals surface area (Å²) in [6.07, 6.45) is 4.33. The fourth-order valence-electron chi connectivity index (χ4n) is 3.00. The van der Waals surface area contributed by atoms with Crippen LogP contribution in [0.15, 0.2) is 59.7 Å². The monoisotopic (exact) mass is 379 g/mol. The van der Waals surface area contributed by atoms with E-state index in [4.69, 9.17) is 4.74 Å². The number of ether oxygens (including phenoxy) is 1. The molecule has 0 fully saturated rings. The zero-order chi connectivity index (χ0) is 19.2. The normalized spacial score (nSPS) is 11.4. The van der Waals surface area contributed by atoms with Crippen LogP contribution >= 0.6 is 11.3 Å². The van der Waals surface area contributed by atoms with Crippen LogP contribution in [0.1, 0.15) is 26.4 Å².